The van der Waals surface area contributed by atoms with Crippen LogP contribution in [0, 0.1) is 0 Å². The van der Waals surface area contributed by atoms with E-state index in [2.05, 4.69) is 10.3 Å². The second-order valence-corrected chi connectivity index (χ2v) is 8.99. The van der Waals surface area contributed by atoms with Gasteiger partial charge in [-0.2, -0.15) is 13.2 Å². The van der Waals surface area contributed by atoms with Crippen LogP contribution in [0.25, 0.3) is 5.69 Å². The number of carbonyl (C=O) groups is 1. The van der Waals surface area contributed by atoms with E-state index in [4.69, 9.17) is 4.74 Å². The zero-order valence-electron chi connectivity index (χ0n) is 19.4. The number of carbonyl (C=O) groups excluding carboxylic acids is 1. The zero-order chi connectivity index (χ0) is 26.6. The van der Waals surface area contributed by atoms with Gasteiger partial charge in [0, 0.05) is 17.6 Å². The second-order valence-electron chi connectivity index (χ2n) is 7.85. The molecule has 4 aromatic rings. The Morgan fingerprint density at radius 1 is 1.08 bits per heavy atom. The highest BCUT2D eigenvalue weighted by atomic mass is 32.2. The van der Waals surface area contributed by atoms with Crippen LogP contribution in [-0.2, 0) is 13.1 Å². The number of pyridine rings is 1. The van der Waals surface area contributed by atoms with E-state index in [1.165, 1.54) is 47.3 Å². The summed E-state index contributed by atoms with van der Waals surface area (Å²) in [5.74, 6) is -0.0768. The van der Waals surface area contributed by atoms with Gasteiger partial charge in [-0.15, -0.1) is 0 Å². The van der Waals surface area contributed by atoms with E-state index in [0.29, 0.717) is 11.3 Å². The van der Waals surface area contributed by atoms with Gasteiger partial charge in [0.1, 0.15) is 11.4 Å². The van der Waals surface area contributed by atoms with Crippen molar-refractivity contribution in [1.82, 2.24) is 19.4 Å². The zero-order valence-corrected chi connectivity index (χ0v) is 20.2. The molecule has 0 aliphatic rings. The largest absolute Gasteiger partial charge is 0.497 e. The maximum atomic E-state index is 12.9. The molecule has 0 bridgehead atoms. The Morgan fingerprint density at radius 2 is 1.78 bits per heavy atom. The van der Waals surface area contributed by atoms with Crippen LogP contribution in [0.5, 0.6) is 11.6 Å². The Balaban J connectivity index is 1.46. The molecule has 1 amide bonds. The summed E-state index contributed by atoms with van der Waals surface area (Å²) in [4.78, 5) is 29.5. The van der Waals surface area contributed by atoms with Crippen molar-refractivity contribution in [3.8, 4) is 17.3 Å². The third-order valence-electron chi connectivity index (χ3n) is 5.29. The average Bonchev–Trinajstić information content (AvgIpc) is 3.15. The van der Waals surface area contributed by atoms with Crippen molar-refractivity contribution in [3.63, 3.8) is 0 Å². The summed E-state index contributed by atoms with van der Waals surface area (Å²) in [6.07, 6.45) is 2.65. The van der Waals surface area contributed by atoms with Crippen LogP contribution in [0.3, 0.4) is 0 Å². The minimum absolute atomic E-state index is 0.0304. The molecular formula is C25H21F3N4O4S. The number of hydrogen-bond donors (Lipinski definition) is 2. The first kappa shape index (κ1) is 25.9. The third-order valence-corrected chi connectivity index (χ3v) is 6.03. The van der Waals surface area contributed by atoms with Crippen LogP contribution in [0.1, 0.15) is 21.6 Å². The number of aromatic nitrogens is 3. The molecule has 2 aromatic heterocycles. The lowest BCUT2D eigenvalue weighted by atomic mass is 10.2. The number of ether oxygens (including phenoxy) is 1. The van der Waals surface area contributed by atoms with E-state index in [1.54, 1.807) is 25.3 Å². The maximum Gasteiger partial charge on any atom is 0.446 e. The SMILES string of the molecule is COc1ccc(CNC(=O)c2cc(Cn3cc(O)n(-c4ccc(SC(F)(F)F)cc4)c3=O)ccn2)cc1. The van der Waals surface area contributed by atoms with Crippen molar-refractivity contribution in [2.75, 3.05) is 7.11 Å². The standard InChI is InChI=1S/C25H21F3N4O4S/c1-36-19-6-2-16(3-7-19)13-30-23(34)21-12-17(10-11-29-21)14-31-15-22(33)32(24(31)35)18-4-8-20(9-5-18)37-25(26,27)28/h2-12,15,33H,13-14H2,1H3,(H,30,34). The van der Waals surface area contributed by atoms with Crippen LogP contribution in [0.15, 0.2) is 82.7 Å². The van der Waals surface area contributed by atoms with Crippen molar-refractivity contribution in [2.24, 2.45) is 0 Å². The van der Waals surface area contributed by atoms with Gasteiger partial charge < -0.3 is 15.2 Å². The van der Waals surface area contributed by atoms with Gasteiger partial charge in [0.05, 0.1) is 25.5 Å². The quantitative estimate of drug-likeness (QED) is 0.329. The fourth-order valence-electron chi connectivity index (χ4n) is 3.54. The average molecular weight is 531 g/mol. The molecule has 0 saturated heterocycles. The molecule has 0 saturated carbocycles. The molecule has 4 rings (SSSR count). The van der Waals surface area contributed by atoms with Gasteiger partial charge in [0.25, 0.3) is 5.91 Å². The molecule has 0 atom stereocenters. The molecule has 12 heteroatoms. The molecule has 8 nitrogen and oxygen atoms in total. The van der Waals surface area contributed by atoms with Gasteiger partial charge in [0.15, 0.2) is 0 Å². The Hall–Kier alpha value is -4.19. The smallest absolute Gasteiger partial charge is 0.446 e. The highest BCUT2D eigenvalue weighted by molar-refractivity contribution is 8.00. The molecular weight excluding hydrogens is 509 g/mol. The number of benzene rings is 2. The van der Waals surface area contributed by atoms with Crippen LogP contribution < -0.4 is 15.7 Å². The van der Waals surface area contributed by atoms with E-state index in [-0.39, 0.29) is 47.0 Å². The number of imidazole rings is 1. The number of alkyl halides is 3. The monoisotopic (exact) mass is 530 g/mol. The number of hydrogen-bond acceptors (Lipinski definition) is 6. The van der Waals surface area contributed by atoms with Crippen LogP contribution in [0.2, 0.25) is 0 Å². The number of nitrogens with one attached hydrogen (secondary N) is 1. The molecule has 2 aromatic carbocycles. The molecule has 0 fully saturated rings. The molecule has 2 N–H and O–H groups in total. The Morgan fingerprint density at radius 3 is 2.43 bits per heavy atom. The number of aromatic hydroxyl groups is 1. The summed E-state index contributed by atoms with van der Waals surface area (Å²) in [5.41, 5.74) is -3.21. The van der Waals surface area contributed by atoms with Crippen molar-refractivity contribution >= 4 is 17.7 Å². The van der Waals surface area contributed by atoms with Crippen molar-refractivity contribution in [3.05, 3.63) is 100 Å². The third kappa shape index (κ3) is 6.53. The molecule has 192 valence electrons. The Labute approximate surface area is 213 Å². The first-order chi connectivity index (χ1) is 17.6. The Bertz CT molecular complexity index is 1450. The van der Waals surface area contributed by atoms with Gasteiger partial charge in [-0.1, -0.05) is 12.1 Å². The van der Waals surface area contributed by atoms with Gasteiger partial charge in [-0.25, -0.2) is 9.36 Å². The van der Waals surface area contributed by atoms with E-state index < -0.39 is 17.1 Å². The molecule has 0 aliphatic carbocycles. The fraction of sp³-hybridized carbons (Fsp3) is 0.160. The summed E-state index contributed by atoms with van der Waals surface area (Å²) in [5, 5.41) is 13.1. The van der Waals surface area contributed by atoms with Crippen LogP contribution >= 0.6 is 11.8 Å². The number of rotatable bonds is 8. The molecule has 0 unspecified atom stereocenters. The summed E-state index contributed by atoms with van der Waals surface area (Å²) >= 11 is -0.272. The van der Waals surface area contributed by atoms with Crippen LogP contribution in [-0.4, -0.2) is 37.8 Å². The molecule has 0 radical (unpaired) electrons. The number of nitrogens with zero attached hydrogens (tertiary/aromatic N) is 3. The summed E-state index contributed by atoms with van der Waals surface area (Å²) < 4.78 is 45.0. The minimum atomic E-state index is -4.43. The van der Waals surface area contributed by atoms with E-state index >= 15 is 0 Å². The van der Waals surface area contributed by atoms with Gasteiger partial charge in [-0.3, -0.25) is 14.3 Å². The van der Waals surface area contributed by atoms with Crippen LogP contribution in [0.4, 0.5) is 13.2 Å². The predicted octanol–water partition coefficient (Wildman–Crippen LogP) is 4.34. The van der Waals surface area contributed by atoms with E-state index in [0.717, 1.165) is 10.1 Å². The normalized spacial score (nSPS) is 11.4. The fourth-order valence-corrected chi connectivity index (χ4v) is 4.08. The van der Waals surface area contributed by atoms with Gasteiger partial charge >= 0.3 is 11.2 Å². The van der Waals surface area contributed by atoms with E-state index in [1.807, 2.05) is 12.1 Å². The molecule has 37 heavy (non-hydrogen) atoms. The van der Waals surface area contributed by atoms with Gasteiger partial charge in [0.2, 0.25) is 5.88 Å². The second kappa shape index (κ2) is 10.8. The number of thioether (sulfide) groups is 1. The predicted molar refractivity (Wildman–Crippen MR) is 131 cm³/mol. The lowest BCUT2D eigenvalue weighted by Crippen LogP contribution is -2.25. The summed E-state index contributed by atoms with van der Waals surface area (Å²) in [7, 11) is 1.57. The summed E-state index contributed by atoms with van der Waals surface area (Å²) in [6, 6.07) is 15.5. The molecule has 0 spiro atoms. The highest BCUT2D eigenvalue weighted by Gasteiger charge is 2.29. The first-order valence-electron chi connectivity index (χ1n) is 10.9. The lowest BCUT2D eigenvalue weighted by molar-refractivity contribution is -0.0328. The number of amides is 1. The number of halogens is 3. The minimum Gasteiger partial charge on any atom is -0.497 e. The first-order valence-corrected chi connectivity index (χ1v) is 11.7. The van der Waals surface area contributed by atoms with Gasteiger partial charge in [-0.05, 0) is 71.4 Å². The maximum absolute atomic E-state index is 12.9. The molecule has 2 heterocycles. The van der Waals surface area contributed by atoms with Crippen molar-refractivity contribution in [1.29, 1.82) is 0 Å². The van der Waals surface area contributed by atoms with E-state index in [9.17, 15) is 27.9 Å². The lowest BCUT2D eigenvalue weighted by Gasteiger charge is -2.08. The summed E-state index contributed by atoms with van der Waals surface area (Å²) in [6.45, 7) is 0.313. The molecule has 0 aliphatic heterocycles. The topological polar surface area (TPSA) is 98.4 Å². The Kier molecular flexibility index (Phi) is 7.58. The highest BCUT2D eigenvalue weighted by Crippen LogP contribution is 2.37. The van der Waals surface area contributed by atoms with Crippen molar-refractivity contribution in [2.45, 2.75) is 23.5 Å². The number of methoxy groups -OCH3 is 1. The van der Waals surface area contributed by atoms with Crippen molar-refractivity contribution < 1.29 is 27.8 Å².